The van der Waals surface area contributed by atoms with Crippen molar-refractivity contribution in [2.24, 2.45) is 14.1 Å². The van der Waals surface area contributed by atoms with Crippen molar-refractivity contribution >= 4 is 11.1 Å². The topological polar surface area (TPSA) is 70.8 Å². The number of rotatable bonds is 3. The Bertz CT molecular complexity index is 1190. The molecule has 0 saturated heterocycles. The van der Waals surface area contributed by atoms with Crippen LogP contribution in [0.4, 0.5) is 4.39 Å². The summed E-state index contributed by atoms with van der Waals surface area (Å²) in [5.41, 5.74) is 4.45. The third-order valence-corrected chi connectivity index (χ3v) is 4.82. The fourth-order valence-corrected chi connectivity index (χ4v) is 3.28. The van der Waals surface area contributed by atoms with Gasteiger partial charge in [-0.3, -0.25) is 13.9 Å². The third-order valence-electron chi connectivity index (χ3n) is 4.82. The van der Waals surface area contributed by atoms with Gasteiger partial charge in [-0.2, -0.15) is 10.2 Å². The van der Waals surface area contributed by atoms with E-state index in [0.29, 0.717) is 11.1 Å². The molecule has 8 heteroatoms. The van der Waals surface area contributed by atoms with Crippen molar-refractivity contribution in [3.8, 4) is 11.3 Å². The van der Waals surface area contributed by atoms with E-state index in [0.717, 1.165) is 22.6 Å². The van der Waals surface area contributed by atoms with Crippen LogP contribution in [0.25, 0.3) is 22.4 Å². The lowest BCUT2D eigenvalue weighted by molar-refractivity contribution is 0.498. The fourth-order valence-electron chi connectivity index (χ4n) is 3.28. The van der Waals surface area contributed by atoms with Gasteiger partial charge in [-0.05, 0) is 32.0 Å². The van der Waals surface area contributed by atoms with E-state index in [4.69, 9.17) is 4.42 Å². The van der Waals surface area contributed by atoms with Crippen LogP contribution in [-0.2, 0) is 20.6 Å². The van der Waals surface area contributed by atoms with Crippen molar-refractivity contribution in [1.29, 1.82) is 0 Å². The Labute approximate surface area is 148 Å². The SMILES string of the molecule is Cc1nn(C)c(C)c1Cn1c(=O)oc2c(F)cc(-c3ccnn3C)cc21. The standard InChI is InChI=1S/C18H18FN5O2/c1-10-13(11(2)22(3)21-10)9-24-16-8-12(15-5-6-20-23(15)4)7-14(19)17(16)26-18(24)25/h5-8H,9H2,1-4H3. The number of hydrogen-bond donors (Lipinski definition) is 0. The first-order valence-corrected chi connectivity index (χ1v) is 8.17. The van der Waals surface area contributed by atoms with Crippen LogP contribution in [0.15, 0.2) is 33.6 Å². The minimum absolute atomic E-state index is 0.0416. The van der Waals surface area contributed by atoms with Crippen molar-refractivity contribution < 1.29 is 8.81 Å². The summed E-state index contributed by atoms with van der Waals surface area (Å²) >= 11 is 0. The molecule has 4 rings (SSSR count). The maximum absolute atomic E-state index is 14.6. The average Bonchev–Trinajstić information content (AvgIpc) is 3.21. The molecular formula is C18H18FN5O2. The zero-order chi connectivity index (χ0) is 18.6. The van der Waals surface area contributed by atoms with Gasteiger partial charge in [0, 0.05) is 37.1 Å². The van der Waals surface area contributed by atoms with Gasteiger partial charge in [0.15, 0.2) is 11.4 Å². The Morgan fingerprint density at radius 1 is 1.19 bits per heavy atom. The van der Waals surface area contributed by atoms with E-state index in [1.54, 1.807) is 34.7 Å². The number of hydrogen-bond acceptors (Lipinski definition) is 4. The summed E-state index contributed by atoms with van der Waals surface area (Å²) in [6, 6.07) is 4.90. The highest BCUT2D eigenvalue weighted by molar-refractivity contribution is 5.80. The molecule has 0 bridgehead atoms. The van der Waals surface area contributed by atoms with Crippen molar-refractivity contribution in [2.75, 3.05) is 0 Å². The number of halogens is 1. The molecule has 0 atom stereocenters. The largest absolute Gasteiger partial charge is 0.420 e. The second-order valence-corrected chi connectivity index (χ2v) is 6.37. The first-order valence-electron chi connectivity index (χ1n) is 8.17. The highest BCUT2D eigenvalue weighted by atomic mass is 19.1. The van der Waals surface area contributed by atoms with E-state index in [-0.39, 0.29) is 12.1 Å². The molecule has 0 amide bonds. The predicted octanol–water partition coefficient (Wildman–Crippen LogP) is 2.53. The van der Waals surface area contributed by atoms with Crippen LogP contribution in [0.2, 0.25) is 0 Å². The second-order valence-electron chi connectivity index (χ2n) is 6.37. The maximum atomic E-state index is 14.6. The quantitative estimate of drug-likeness (QED) is 0.566. The Balaban J connectivity index is 1.92. The normalized spacial score (nSPS) is 11.6. The van der Waals surface area contributed by atoms with Gasteiger partial charge < -0.3 is 4.42 Å². The Kier molecular flexibility index (Phi) is 3.57. The van der Waals surface area contributed by atoms with Gasteiger partial charge in [-0.15, -0.1) is 0 Å². The number of aryl methyl sites for hydroxylation is 3. The molecular weight excluding hydrogens is 337 g/mol. The van der Waals surface area contributed by atoms with Crippen LogP contribution in [0.3, 0.4) is 0 Å². The molecule has 1 aromatic carbocycles. The molecule has 0 spiro atoms. The van der Waals surface area contributed by atoms with Crippen LogP contribution in [-0.4, -0.2) is 24.1 Å². The van der Waals surface area contributed by atoms with Crippen molar-refractivity contribution in [3.63, 3.8) is 0 Å². The monoisotopic (exact) mass is 355 g/mol. The molecule has 3 aromatic heterocycles. The molecule has 0 unspecified atom stereocenters. The van der Waals surface area contributed by atoms with Crippen LogP contribution in [0.1, 0.15) is 17.0 Å². The first-order chi connectivity index (χ1) is 12.4. The van der Waals surface area contributed by atoms with Crippen molar-refractivity contribution in [1.82, 2.24) is 24.1 Å². The third kappa shape index (κ3) is 2.37. The lowest BCUT2D eigenvalue weighted by Gasteiger charge is -2.06. The number of aromatic nitrogens is 5. The van der Waals surface area contributed by atoms with Crippen LogP contribution < -0.4 is 5.76 Å². The Hall–Kier alpha value is -3.16. The number of fused-ring (bicyclic) bond motifs is 1. The summed E-state index contributed by atoms with van der Waals surface area (Å²) in [6.07, 6.45) is 1.64. The minimum atomic E-state index is -0.594. The van der Waals surface area contributed by atoms with E-state index in [9.17, 15) is 9.18 Å². The number of nitrogens with zero attached hydrogens (tertiary/aromatic N) is 5. The van der Waals surface area contributed by atoms with Gasteiger partial charge >= 0.3 is 5.76 Å². The molecule has 0 aliphatic carbocycles. The van der Waals surface area contributed by atoms with Gasteiger partial charge in [0.05, 0.1) is 23.4 Å². The van der Waals surface area contributed by atoms with Crippen molar-refractivity contribution in [2.45, 2.75) is 20.4 Å². The molecule has 0 radical (unpaired) electrons. The lowest BCUT2D eigenvalue weighted by Crippen LogP contribution is -2.15. The first kappa shape index (κ1) is 16.3. The van der Waals surface area contributed by atoms with Gasteiger partial charge in [-0.25, -0.2) is 9.18 Å². The number of oxazole rings is 1. The smallest absolute Gasteiger partial charge is 0.405 e. The molecule has 0 saturated carbocycles. The number of benzene rings is 1. The molecule has 7 nitrogen and oxygen atoms in total. The van der Waals surface area contributed by atoms with Crippen LogP contribution in [0, 0.1) is 19.7 Å². The summed E-state index contributed by atoms with van der Waals surface area (Å²) in [5, 5.41) is 8.49. The molecule has 26 heavy (non-hydrogen) atoms. The molecule has 0 fully saturated rings. The highest BCUT2D eigenvalue weighted by Crippen LogP contribution is 2.27. The van der Waals surface area contributed by atoms with Crippen molar-refractivity contribution in [3.05, 3.63) is 57.7 Å². The van der Waals surface area contributed by atoms with Gasteiger partial charge in [0.2, 0.25) is 0 Å². The summed E-state index contributed by atoms with van der Waals surface area (Å²) < 4.78 is 24.6. The van der Waals surface area contributed by atoms with E-state index >= 15 is 0 Å². The lowest BCUT2D eigenvalue weighted by atomic mass is 10.1. The van der Waals surface area contributed by atoms with E-state index in [1.807, 2.05) is 20.9 Å². The maximum Gasteiger partial charge on any atom is 0.420 e. The Morgan fingerprint density at radius 2 is 1.96 bits per heavy atom. The van der Waals surface area contributed by atoms with E-state index in [1.165, 1.54) is 10.6 Å². The average molecular weight is 355 g/mol. The van der Waals surface area contributed by atoms with Gasteiger partial charge in [-0.1, -0.05) is 0 Å². The van der Waals surface area contributed by atoms with E-state index < -0.39 is 11.6 Å². The molecule has 0 aliphatic heterocycles. The highest BCUT2D eigenvalue weighted by Gasteiger charge is 2.19. The molecule has 0 N–H and O–H groups in total. The van der Waals surface area contributed by atoms with E-state index in [2.05, 4.69) is 10.2 Å². The zero-order valence-corrected chi connectivity index (χ0v) is 14.9. The Morgan fingerprint density at radius 3 is 2.58 bits per heavy atom. The van der Waals surface area contributed by atoms with Gasteiger partial charge in [0.25, 0.3) is 0 Å². The van der Waals surface area contributed by atoms with Crippen LogP contribution >= 0.6 is 0 Å². The fraction of sp³-hybridized carbons (Fsp3) is 0.278. The minimum Gasteiger partial charge on any atom is -0.405 e. The summed E-state index contributed by atoms with van der Waals surface area (Å²) in [4.78, 5) is 12.4. The van der Waals surface area contributed by atoms with Crippen LogP contribution in [0.5, 0.6) is 0 Å². The summed E-state index contributed by atoms with van der Waals surface area (Å²) in [7, 11) is 3.63. The predicted molar refractivity (Wildman–Crippen MR) is 94.4 cm³/mol. The molecule has 0 aliphatic rings. The second kappa shape index (κ2) is 5.69. The molecule has 3 heterocycles. The van der Waals surface area contributed by atoms with Gasteiger partial charge in [0.1, 0.15) is 0 Å². The molecule has 134 valence electrons. The molecule has 4 aromatic rings. The summed E-state index contributed by atoms with van der Waals surface area (Å²) in [5.74, 6) is -1.17. The zero-order valence-electron chi connectivity index (χ0n) is 14.9. The summed E-state index contributed by atoms with van der Waals surface area (Å²) in [6.45, 7) is 4.09.